The van der Waals surface area contributed by atoms with Gasteiger partial charge in [-0.05, 0) is 17.7 Å². The molecule has 30 heavy (non-hydrogen) atoms. The molecule has 0 radical (unpaired) electrons. The fraction of sp³-hybridized carbons (Fsp3) is 0.353. The third-order valence-electron chi connectivity index (χ3n) is 4.73. The highest BCUT2D eigenvalue weighted by Gasteiger charge is 2.44. The number of benzene rings is 1. The first kappa shape index (κ1) is 19.9. The number of rotatable bonds is 6. The molecule has 1 aliphatic rings. The maximum atomic E-state index is 10.7. The number of nitrogens with two attached hydrogens (primary N) is 1. The number of aromatic nitrogens is 4. The van der Waals surface area contributed by atoms with Crippen LogP contribution in [0.2, 0.25) is 0 Å². The Morgan fingerprint density at radius 2 is 1.97 bits per heavy atom. The number of hydrogen-bond donors (Lipinski definition) is 4. The van der Waals surface area contributed by atoms with Crippen molar-refractivity contribution in [3.8, 4) is 6.01 Å². The number of hydrogen-bond acceptors (Lipinski definition) is 11. The van der Waals surface area contributed by atoms with E-state index >= 15 is 0 Å². The molecule has 2 aromatic heterocycles. The number of anilines is 1. The fourth-order valence-corrected chi connectivity index (χ4v) is 3.14. The Labute approximate surface area is 168 Å². The van der Waals surface area contributed by atoms with Crippen LogP contribution in [0.15, 0.2) is 30.6 Å². The smallest absolute Gasteiger partial charge is 0.320 e. The molecule has 158 valence electrons. The van der Waals surface area contributed by atoms with Gasteiger partial charge in [0.2, 0.25) is 0 Å². The molecule has 0 saturated carbocycles. The van der Waals surface area contributed by atoms with Crippen LogP contribution in [0.3, 0.4) is 0 Å². The van der Waals surface area contributed by atoms with E-state index in [2.05, 4.69) is 15.0 Å². The second-order valence-corrected chi connectivity index (χ2v) is 6.66. The standard InChI is InChI=1S/C17H18N6O7/c18-14-11-15(22(7-19-11)16-13(26)12(25)10(5-24)30-16)21-17(20-14)29-6-8-1-3-9(4-2-8)23(27)28/h1-4,7,10,12-13,16,24-26H,5-6H2,(H2,18,20,21)/t10-,12?,13?,16-/m1/s1. The van der Waals surface area contributed by atoms with Crippen LogP contribution in [0, 0.1) is 10.1 Å². The second-order valence-electron chi connectivity index (χ2n) is 6.66. The summed E-state index contributed by atoms with van der Waals surface area (Å²) in [5.41, 5.74) is 7.00. The number of fused-ring (bicyclic) bond motifs is 1. The van der Waals surface area contributed by atoms with Crippen LogP contribution in [0.5, 0.6) is 6.01 Å². The highest BCUT2D eigenvalue weighted by molar-refractivity contribution is 5.82. The SMILES string of the molecule is Nc1nc(OCc2ccc([N+](=O)[O-])cc2)nc2c1ncn2[C@@H]1O[C@H](CO)C(O)C1O. The molecule has 3 heterocycles. The van der Waals surface area contributed by atoms with Gasteiger partial charge in [0, 0.05) is 12.1 Å². The fourth-order valence-electron chi connectivity index (χ4n) is 3.14. The number of aliphatic hydroxyl groups excluding tert-OH is 3. The minimum atomic E-state index is -1.32. The van der Waals surface area contributed by atoms with Crippen molar-refractivity contribution in [3.63, 3.8) is 0 Å². The van der Waals surface area contributed by atoms with Gasteiger partial charge >= 0.3 is 6.01 Å². The first-order chi connectivity index (χ1) is 14.4. The molecule has 1 aliphatic heterocycles. The first-order valence-electron chi connectivity index (χ1n) is 8.87. The Bertz CT molecular complexity index is 1070. The molecule has 5 N–H and O–H groups in total. The van der Waals surface area contributed by atoms with E-state index in [0.29, 0.717) is 5.56 Å². The van der Waals surface area contributed by atoms with Gasteiger partial charge in [-0.15, -0.1) is 0 Å². The lowest BCUT2D eigenvalue weighted by atomic mass is 10.1. The maximum absolute atomic E-state index is 10.7. The zero-order chi connectivity index (χ0) is 21.4. The molecule has 1 fully saturated rings. The molecule has 4 atom stereocenters. The lowest BCUT2D eigenvalue weighted by Crippen LogP contribution is -2.33. The summed E-state index contributed by atoms with van der Waals surface area (Å²) in [5, 5.41) is 40.2. The van der Waals surface area contributed by atoms with Crippen molar-refractivity contribution in [1.29, 1.82) is 0 Å². The van der Waals surface area contributed by atoms with Crippen LogP contribution in [0.4, 0.5) is 11.5 Å². The van der Waals surface area contributed by atoms with E-state index in [9.17, 15) is 25.4 Å². The predicted octanol–water partition coefficient (Wildman–Crippen LogP) is -0.493. The van der Waals surface area contributed by atoms with E-state index < -0.39 is 36.1 Å². The van der Waals surface area contributed by atoms with Crippen LogP contribution in [0.25, 0.3) is 11.2 Å². The molecule has 13 heteroatoms. The summed E-state index contributed by atoms with van der Waals surface area (Å²) in [6, 6.07) is 5.72. The highest BCUT2D eigenvalue weighted by atomic mass is 16.6. The van der Waals surface area contributed by atoms with E-state index in [1.165, 1.54) is 23.0 Å². The van der Waals surface area contributed by atoms with Gasteiger partial charge in [-0.2, -0.15) is 9.97 Å². The summed E-state index contributed by atoms with van der Waals surface area (Å²) < 4.78 is 12.4. The quantitative estimate of drug-likeness (QED) is 0.298. The molecule has 0 aliphatic carbocycles. The molecule has 13 nitrogen and oxygen atoms in total. The number of nitro benzene ring substituents is 1. The van der Waals surface area contributed by atoms with Gasteiger partial charge in [0.15, 0.2) is 23.2 Å². The van der Waals surface area contributed by atoms with Gasteiger partial charge in [0.1, 0.15) is 24.9 Å². The van der Waals surface area contributed by atoms with E-state index in [1.54, 1.807) is 12.1 Å². The molecule has 3 aromatic rings. The van der Waals surface area contributed by atoms with Crippen molar-refractivity contribution in [2.24, 2.45) is 0 Å². The topological polar surface area (TPSA) is 192 Å². The number of non-ortho nitro benzene ring substituents is 1. The normalized spacial score (nSPS) is 23.7. The molecule has 0 amide bonds. The summed E-state index contributed by atoms with van der Waals surface area (Å²) in [7, 11) is 0. The van der Waals surface area contributed by atoms with Gasteiger partial charge in [0.05, 0.1) is 17.9 Å². The minimum absolute atomic E-state index is 0.0317. The third kappa shape index (κ3) is 3.50. The first-order valence-corrected chi connectivity index (χ1v) is 8.87. The summed E-state index contributed by atoms with van der Waals surface area (Å²) in [4.78, 5) is 22.6. The molecule has 1 saturated heterocycles. The zero-order valence-electron chi connectivity index (χ0n) is 15.4. The molecule has 2 unspecified atom stereocenters. The lowest BCUT2D eigenvalue weighted by molar-refractivity contribution is -0.384. The number of nitro groups is 1. The Morgan fingerprint density at radius 1 is 1.23 bits per heavy atom. The predicted molar refractivity (Wildman–Crippen MR) is 100 cm³/mol. The van der Waals surface area contributed by atoms with Crippen LogP contribution >= 0.6 is 0 Å². The average Bonchev–Trinajstić information content (AvgIpc) is 3.28. The van der Waals surface area contributed by atoms with Crippen molar-refractivity contribution >= 4 is 22.7 Å². The molecular formula is C17H18N6O7. The third-order valence-corrected chi connectivity index (χ3v) is 4.73. The summed E-state index contributed by atoms with van der Waals surface area (Å²) in [6.07, 6.45) is -3.27. The van der Waals surface area contributed by atoms with E-state index in [0.717, 1.165) is 0 Å². The van der Waals surface area contributed by atoms with Crippen molar-refractivity contribution < 1.29 is 29.7 Å². The van der Waals surface area contributed by atoms with Gasteiger partial charge in [-0.1, -0.05) is 0 Å². The number of nitrogen functional groups attached to an aromatic ring is 1. The monoisotopic (exact) mass is 418 g/mol. The van der Waals surface area contributed by atoms with Crippen LogP contribution in [-0.4, -0.2) is 64.7 Å². The summed E-state index contributed by atoms with van der Waals surface area (Å²) >= 11 is 0. The van der Waals surface area contributed by atoms with Crippen LogP contribution in [0.1, 0.15) is 11.8 Å². The molecule has 4 rings (SSSR count). The summed E-state index contributed by atoms with van der Waals surface area (Å²) in [5.74, 6) is 0.0317. The Kier molecular flexibility index (Phi) is 5.17. The number of imidazole rings is 1. The number of aliphatic hydroxyl groups is 3. The maximum Gasteiger partial charge on any atom is 0.320 e. The Hall–Kier alpha value is -3.39. The molecule has 0 spiro atoms. The van der Waals surface area contributed by atoms with Crippen molar-refractivity contribution in [1.82, 2.24) is 19.5 Å². The van der Waals surface area contributed by atoms with E-state index in [1.807, 2.05) is 0 Å². The van der Waals surface area contributed by atoms with Gasteiger partial charge in [0.25, 0.3) is 5.69 Å². The van der Waals surface area contributed by atoms with Gasteiger partial charge in [-0.25, -0.2) is 4.98 Å². The van der Waals surface area contributed by atoms with Crippen molar-refractivity contribution in [2.45, 2.75) is 31.1 Å². The second kappa shape index (κ2) is 7.79. The Balaban J connectivity index is 1.58. The number of nitrogens with zero attached hydrogens (tertiary/aromatic N) is 5. The molecule has 1 aromatic carbocycles. The van der Waals surface area contributed by atoms with E-state index in [4.69, 9.17) is 15.2 Å². The molecular weight excluding hydrogens is 400 g/mol. The lowest BCUT2D eigenvalue weighted by Gasteiger charge is -2.16. The zero-order valence-corrected chi connectivity index (χ0v) is 15.4. The van der Waals surface area contributed by atoms with E-state index in [-0.39, 0.29) is 35.3 Å². The highest BCUT2D eigenvalue weighted by Crippen LogP contribution is 2.32. The Morgan fingerprint density at radius 3 is 2.60 bits per heavy atom. The van der Waals surface area contributed by atoms with Gasteiger partial charge in [-0.3, -0.25) is 14.7 Å². The van der Waals surface area contributed by atoms with Gasteiger partial charge < -0.3 is 30.5 Å². The van der Waals surface area contributed by atoms with Crippen LogP contribution in [-0.2, 0) is 11.3 Å². The molecule has 0 bridgehead atoms. The largest absolute Gasteiger partial charge is 0.458 e. The summed E-state index contributed by atoms with van der Waals surface area (Å²) in [6.45, 7) is -0.437. The average molecular weight is 418 g/mol. The van der Waals surface area contributed by atoms with Crippen LogP contribution < -0.4 is 10.5 Å². The van der Waals surface area contributed by atoms with Crippen molar-refractivity contribution in [2.75, 3.05) is 12.3 Å². The van der Waals surface area contributed by atoms with Crippen molar-refractivity contribution in [3.05, 3.63) is 46.3 Å². The number of ether oxygens (including phenoxy) is 2. The minimum Gasteiger partial charge on any atom is -0.458 e.